The third-order valence-electron chi connectivity index (χ3n) is 7.10. The molecule has 1 saturated heterocycles. The zero-order valence-corrected chi connectivity index (χ0v) is 23.6. The number of fused-ring (bicyclic) bond motifs is 1. The van der Waals surface area contributed by atoms with E-state index in [4.69, 9.17) is 23.7 Å². The lowest BCUT2D eigenvalue weighted by molar-refractivity contribution is -0.105. The number of hydrogen-bond donors (Lipinski definition) is 0. The molecule has 3 aromatic rings. The van der Waals surface area contributed by atoms with Crippen molar-refractivity contribution < 1.29 is 23.7 Å². The van der Waals surface area contributed by atoms with E-state index in [-0.39, 0.29) is 18.7 Å². The molecule has 3 atom stereocenters. The number of benzene rings is 3. The molecule has 0 aromatic heterocycles. The minimum absolute atomic E-state index is 0.195. The predicted octanol–water partition coefficient (Wildman–Crippen LogP) is 7.94. The van der Waals surface area contributed by atoms with Crippen LogP contribution in [0.15, 0.2) is 78.9 Å². The Labute approximate surface area is 237 Å². The Morgan fingerprint density at radius 2 is 1.74 bits per heavy atom. The molecule has 0 amide bonds. The third kappa shape index (κ3) is 5.63. The summed E-state index contributed by atoms with van der Waals surface area (Å²) in [6, 6.07) is 22.8. The Morgan fingerprint density at radius 3 is 2.53 bits per heavy atom. The van der Waals surface area contributed by atoms with Crippen LogP contribution in [0.4, 0.5) is 0 Å². The van der Waals surface area contributed by atoms with Gasteiger partial charge in [0.15, 0.2) is 6.29 Å². The average Bonchev–Trinajstić information content (AvgIpc) is 2.95. The molecule has 0 spiro atoms. The summed E-state index contributed by atoms with van der Waals surface area (Å²) in [5.41, 5.74) is 5.44. The summed E-state index contributed by atoms with van der Waals surface area (Å²) in [7, 11) is 0. The molecule has 0 bridgehead atoms. The first kappa shape index (κ1) is 25.5. The van der Waals surface area contributed by atoms with E-state index in [0.717, 1.165) is 77.4 Å². The summed E-state index contributed by atoms with van der Waals surface area (Å²) in [5, 5.41) is 0. The molecule has 6 rings (SSSR count). The molecule has 3 aliphatic rings. The molecule has 3 heterocycles. The van der Waals surface area contributed by atoms with E-state index in [1.54, 1.807) is 0 Å². The Kier molecular flexibility index (Phi) is 7.72. The molecule has 3 aliphatic heterocycles. The third-order valence-corrected chi connectivity index (χ3v) is 7.82. The summed E-state index contributed by atoms with van der Waals surface area (Å²) < 4.78 is 31.8. The van der Waals surface area contributed by atoms with Crippen LogP contribution in [-0.4, -0.2) is 25.8 Å². The maximum absolute atomic E-state index is 6.71. The Hall–Kier alpha value is -2.81. The van der Waals surface area contributed by atoms with Crippen molar-refractivity contribution in [1.82, 2.24) is 0 Å². The van der Waals surface area contributed by atoms with Gasteiger partial charge in [-0.2, -0.15) is 0 Å². The second kappa shape index (κ2) is 11.5. The first-order valence-corrected chi connectivity index (χ1v) is 14.3. The summed E-state index contributed by atoms with van der Waals surface area (Å²) in [4.78, 5) is 0. The van der Waals surface area contributed by atoms with Gasteiger partial charge in [0.2, 0.25) is 6.29 Å². The van der Waals surface area contributed by atoms with Crippen molar-refractivity contribution in [3.8, 4) is 17.2 Å². The fourth-order valence-electron chi connectivity index (χ4n) is 5.16. The molecule has 3 aromatic carbocycles. The van der Waals surface area contributed by atoms with Gasteiger partial charge in [-0.05, 0) is 114 Å². The second-order valence-corrected chi connectivity index (χ2v) is 11.0. The molecule has 1 fully saturated rings. The molecular weight excluding hydrogens is 591 g/mol. The standard InChI is InChI=1S/C32H31IO5/c1-21-27-20-26(37-30-10-3-5-18-35-30)15-16-28(27)38-32(22-11-13-24(33)14-12-22)31(21)23-7-6-8-25(19-23)36-29-9-2-4-17-34-29/h2,6-9,11-16,19-20,29-30,32H,3-5,10,17-18H2,1H3. The average molecular weight is 622 g/mol. The van der Waals surface area contributed by atoms with Crippen molar-refractivity contribution in [2.75, 3.05) is 13.2 Å². The minimum Gasteiger partial charge on any atom is -0.480 e. The Balaban J connectivity index is 1.38. The van der Waals surface area contributed by atoms with Crippen LogP contribution in [0.5, 0.6) is 17.2 Å². The fraction of sp³-hybridized carbons (Fsp3) is 0.312. The van der Waals surface area contributed by atoms with Crippen molar-refractivity contribution >= 4 is 33.7 Å². The highest BCUT2D eigenvalue weighted by Gasteiger charge is 2.30. The normalized spacial score (nSPS) is 22.9. The van der Waals surface area contributed by atoms with Gasteiger partial charge >= 0.3 is 0 Å². The number of halogens is 1. The monoisotopic (exact) mass is 622 g/mol. The Morgan fingerprint density at radius 1 is 0.868 bits per heavy atom. The molecule has 5 nitrogen and oxygen atoms in total. The van der Waals surface area contributed by atoms with Gasteiger partial charge in [-0.15, -0.1) is 0 Å². The first-order valence-electron chi connectivity index (χ1n) is 13.2. The van der Waals surface area contributed by atoms with Gasteiger partial charge in [-0.25, -0.2) is 0 Å². The van der Waals surface area contributed by atoms with Gasteiger partial charge in [-0.3, -0.25) is 0 Å². The Bertz CT molecular complexity index is 1340. The number of allylic oxidation sites excluding steroid dienone is 1. The minimum atomic E-state index is -0.369. The van der Waals surface area contributed by atoms with Gasteiger partial charge in [0.25, 0.3) is 0 Å². The van der Waals surface area contributed by atoms with E-state index in [2.05, 4.69) is 78.1 Å². The highest BCUT2D eigenvalue weighted by atomic mass is 127. The van der Waals surface area contributed by atoms with Gasteiger partial charge in [0.05, 0.1) is 13.2 Å². The molecule has 196 valence electrons. The molecule has 0 aliphatic carbocycles. The van der Waals surface area contributed by atoms with Crippen molar-refractivity contribution in [3.05, 3.63) is 99.1 Å². The number of ether oxygens (including phenoxy) is 5. The lowest BCUT2D eigenvalue weighted by atomic mass is 9.86. The van der Waals surface area contributed by atoms with E-state index in [1.807, 2.05) is 30.3 Å². The van der Waals surface area contributed by atoms with Crippen LogP contribution in [-0.2, 0) is 9.47 Å². The van der Waals surface area contributed by atoms with Crippen LogP contribution in [0.1, 0.15) is 55.4 Å². The summed E-state index contributed by atoms with van der Waals surface area (Å²) >= 11 is 2.33. The maximum Gasteiger partial charge on any atom is 0.219 e. The topological polar surface area (TPSA) is 46.2 Å². The molecule has 0 N–H and O–H groups in total. The highest BCUT2D eigenvalue weighted by Crippen LogP contribution is 2.48. The van der Waals surface area contributed by atoms with E-state index in [0.29, 0.717) is 6.61 Å². The van der Waals surface area contributed by atoms with E-state index < -0.39 is 0 Å². The maximum atomic E-state index is 6.71. The molecule has 3 unspecified atom stereocenters. The van der Waals surface area contributed by atoms with Crippen LogP contribution in [0.2, 0.25) is 0 Å². The lowest BCUT2D eigenvalue weighted by Crippen LogP contribution is -2.25. The number of hydrogen-bond acceptors (Lipinski definition) is 5. The van der Waals surface area contributed by atoms with E-state index >= 15 is 0 Å². The van der Waals surface area contributed by atoms with Gasteiger partial charge in [0.1, 0.15) is 23.4 Å². The van der Waals surface area contributed by atoms with Crippen LogP contribution in [0.25, 0.3) is 11.1 Å². The molecule has 0 saturated carbocycles. The van der Waals surface area contributed by atoms with Crippen molar-refractivity contribution in [2.45, 2.75) is 51.3 Å². The van der Waals surface area contributed by atoms with Crippen LogP contribution >= 0.6 is 22.6 Å². The zero-order chi connectivity index (χ0) is 25.9. The second-order valence-electron chi connectivity index (χ2n) is 9.76. The van der Waals surface area contributed by atoms with Crippen molar-refractivity contribution in [3.63, 3.8) is 0 Å². The SMILES string of the molecule is CC1=C(c2cccc(OC3C=CCCO3)c2)C(c2ccc(I)cc2)Oc2ccc(OC3CCCCO3)cc21. The van der Waals surface area contributed by atoms with E-state index in [1.165, 1.54) is 3.57 Å². The fourth-order valence-corrected chi connectivity index (χ4v) is 5.52. The smallest absolute Gasteiger partial charge is 0.219 e. The highest BCUT2D eigenvalue weighted by molar-refractivity contribution is 14.1. The molecular formula is C32H31IO5. The van der Waals surface area contributed by atoms with Crippen molar-refractivity contribution in [2.24, 2.45) is 0 Å². The largest absolute Gasteiger partial charge is 0.480 e. The summed E-state index contributed by atoms with van der Waals surface area (Å²) in [5.74, 6) is 2.40. The van der Waals surface area contributed by atoms with Crippen molar-refractivity contribution in [1.29, 1.82) is 0 Å². The first-order chi connectivity index (χ1) is 18.6. The molecule has 0 radical (unpaired) electrons. The summed E-state index contributed by atoms with van der Waals surface area (Å²) in [6.07, 6.45) is 7.29. The summed E-state index contributed by atoms with van der Waals surface area (Å²) in [6.45, 7) is 3.58. The van der Waals surface area contributed by atoms with Crippen LogP contribution < -0.4 is 14.2 Å². The predicted molar refractivity (Wildman–Crippen MR) is 156 cm³/mol. The van der Waals surface area contributed by atoms with Crippen LogP contribution in [0.3, 0.4) is 0 Å². The lowest BCUT2D eigenvalue weighted by Gasteiger charge is -2.32. The van der Waals surface area contributed by atoms with Gasteiger partial charge in [0, 0.05) is 21.1 Å². The molecule has 38 heavy (non-hydrogen) atoms. The zero-order valence-electron chi connectivity index (χ0n) is 21.4. The van der Waals surface area contributed by atoms with E-state index in [9.17, 15) is 0 Å². The molecule has 6 heteroatoms. The van der Waals surface area contributed by atoms with Gasteiger partial charge in [-0.1, -0.05) is 30.3 Å². The van der Waals surface area contributed by atoms with Crippen LogP contribution in [0, 0.1) is 3.57 Å². The number of rotatable bonds is 6. The van der Waals surface area contributed by atoms with Gasteiger partial charge < -0.3 is 23.7 Å². The quantitative estimate of drug-likeness (QED) is 0.206.